The molecule has 4 nitrogen and oxygen atoms in total. The quantitative estimate of drug-likeness (QED) is 0.490. The molecule has 1 aromatic rings. The molecule has 0 spiro atoms. The number of allylic oxidation sites excluding steroid dienone is 1. The fourth-order valence-electron chi connectivity index (χ4n) is 1.28. The van der Waals surface area contributed by atoms with E-state index in [9.17, 15) is 4.91 Å². The molecule has 0 saturated carbocycles. The topological polar surface area (TPSA) is 54.4 Å². The normalized spacial score (nSPS) is 11.6. The standard InChI is InChI=1S/C12H16IN3O/c1-9(2)6-14-11(8-16-17)5-10-3-4-12(13)15-7-10/h3-4,7-9,14H,5-6H2,1-2H3/b11-8-. The highest BCUT2D eigenvalue weighted by Crippen LogP contribution is 2.08. The summed E-state index contributed by atoms with van der Waals surface area (Å²) in [4.78, 5) is 14.5. The van der Waals surface area contributed by atoms with Gasteiger partial charge >= 0.3 is 0 Å². The first-order valence-electron chi connectivity index (χ1n) is 5.47. The van der Waals surface area contributed by atoms with Gasteiger partial charge in [-0.3, -0.25) is 4.98 Å². The van der Waals surface area contributed by atoms with E-state index in [0.29, 0.717) is 12.3 Å². The smallest absolute Gasteiger partial charge is 0.101 e. The highest BCUT2D eigenvalue weighted by molar-refractivity contribution is 14.1. The van der Waals surface area contributed by atoms with Crippen molar-refractivity contribution in [1.29, 1.82) is 0 Å². The molecule has 1 N–H and O–H groups in total. The van der Waals surface area contributed by atoms with Crippen LogP contribution in [0.3, 0.4) is 0 Å². The van der Waals surface area contributed by atoms with E-state index in [1.807, 2.05) is 18.3 Å². The van der Waals surface area contributed by atoms with Crippen LogP contribution >= 0.6 is 22.6 Å². The van der Waals surface area contributed by atoms with Crippen LogP contribution in [-0.2, 0) is 6.42 Å². The Morgan fingerprint density at radius 2 is 2.35 bits per heavy atom. The second-order valence-electron chi connectivity index (χ2n) is 4.20. The molecule has 1 heterocycles. The van der Waals surface area contributed by atoms with Gasteiger partial charge in [0.2, 0.25) is 0 Å². The average molecular weight is 345 g/mol. The van der Waals surface area contributed by atoms with Crippen molar-refractivity contribution < 1.29 is 0 Å². The van der Waals surface area contributed by atoms with Crippen LogP contribution in [0.25, 0.3) is 0 Å². The maximum absolute atomic E-state index is 10.3. The molecule has 0 unspecified atom stereocenters. The Bertz CT molecular complexity index is 387. The summed E-state index contributed by atoms with van der Waals surface area (Å²) in [6.07, 6.45) is 3.81. The zero-order chi connectivity index (χ0) is 12.7. The third-order valence-corrected chi connectivity index (χ3v) is 2.77. The number of aromatic nitrogens is 1. The van der Waals surface area contributed by atoms with Crippen molar-refractivity contribution in [3.8, 4) is 0 Å². The van der Waals surface area contributed by atoms with Gasteiger partial charge in [0.25, 0.3) is 0 Å². The minimum Gasteiger partial charge on any atom is -0.386 e. The van der Waals surface area contributed by atoms with Gasteiger partial charge in [-0.1, -0.05) is 19.9 Å². The summed E-state index contributed by atoms with van der Waals surface area (Å²) >= 11 is 2.16. The Morgan fingerprint density at radius 3 is 2.88 bits per heavy atom. The van der Waals surface area contributed by atoms with Crippen LogP contribution in [-0.4, -0.2) is 11.5 Å². The number of halogens is 1. The molecule has 0 aliphatic carbocycles. The third-order valence-electron chi connectivity index (χ3n) is 2.13. The number of hydrogen-bond acceptors (Lipinski definition) is 4. The van der Waals surface area contributed by atoms with Crippen LogP contribution in [0.1, 0.15) is 19.4 Å². The van der Waals surface area contributed by atoms with Gasteiger partial charge in [0, 0.05) is 24.9 Å². The van der Waals surface area contributed by atoms with E-state index in [1.165, 1.54) is 6.20 Å². The van der Waals surface area contributed by atoms with Gasteiger partial charge in [0.15, 0.2) is 0 Å². The molecule has 17 heavy (non-hydrogen) atoms. The molecule has 5 heteroatoms. The van der Waals surface area contributed by atoms with Crippen LogP contribution < -0.4 is 5.32 Å². The van der Waals surface area contributed by atoms with Crippen molar-refractivity contribution in [3.63, 3.8) is 0 Å². The summed E-state index contributed by atoms with van der Waals surface area (Å²) < 4.78 is 0.959. The fraction of sp³-hybridized carbons (Fsp3) is 0.417. The van der Waals surface area contributed by atoms with E-state index in [4.69, 9.17) is 0 Å². The highest BCUT2D eigenvalue weighted by Gasteiger charge is 2.02. The van der Waals surface area contributed by atoms with Gasteiger partial charge in [-0.05, 0) is 45.3 Å². The number of nitrogens with zero attached hydrogens (tertiary/aromatic N) is 2. The minimum atomic E-state index is 0.528. The summed E-state index contributed by atoms with van der Waals surface area (Å²) in [6.45, 7) is 5.07. The van der Waals surface area contributed by atoms with Crippen molar-refractivity contribution in [3.05, 3.63) is 44.4 Å². The van der Waals surface area contributed by atoms with Crippen LogP contribution in [0.5, 0.6) is 0 Å². The van der Waals surface area contributed by atoms with Crippen molar-refractivity contribution in [2.45, 2.75) is 20.3 Å². The first-order valence-corrected chi connectivity index (χ1v) is 6.55. The average Bonchev–Trinajstić information content (AvgIpc) is 2.29. The molecule has 0 radical (unpaired) electrons. The van der Waals surface area contributed by atoms with E-state index in [-0.39, 0.29) is 0 Å². The predicted molar refractivity (Wildman–Crippen MR) is 77.4 cm³/mol. The first kappa shape index (κ1) is 14.1. The molecule has 0 fully saturated rings. The van der Waals surface area contributed by atoms with E-state index in [1.54, 1.807) is 0 Å². The Morgan fingerprint density at radius 1 is 1.59 bits per heavy atom. The number of nitrogens with one attached hydrogen (secondary N) is 1. The molecule has 0 aliphatic heterocycles. The van der Waals surface area contributed by atoms with E-state index >= 15 is 0 Å². The van der Waals surface area contributed by atoms with Crippen molar-refractivity contribution in [2.75, 3.05) is 6.54 Å². The van der Waals surface area contributed by atoms with Gasteiger partial charge in [-0.25, -0.2) is 0 Å². The molecule has 92 valence electrons. The maximum Gasteiger partial charge on any atom is 0.101 e. The summed E-state index contributed by atoms with van der Waals surface area (Å²) in [6, 6.07) is 3.95. The van der Waals surface area contributed by atoms with Crippen LogP contribution in [0.4, 0.5) is 0 Å². The maximum atomic E-state index is 10.3. The third kappa shape index (κ3) is 5.76. The summed E-state index contributed by atoms with van der Waals surface area (Å²) in [5, 5.41) is 6.05. The van der Waals surface area contributed by atoms with Gasteiger partial charge in [-0.2, -0.15) is 0 Å². The van der Waals surface area contributed by atoms with Crippen molar-refractivity contribution in [1.82, 2.24) is 10.3 Å². The first-order chi connectivity index (χ1) is 8.11. The lowest BCUT2D eigenvalue weighted by atomic mass is 10.1. The molecule has 0 atom stereocenters. The summed E-state index contributed by atoms with van der Waals surface area (Å²) in [5.74, 6) is 0.528. The Hall–Kier alpha value is -0.980. The lowest BCUT2D eigenvalue weighted by Crippen LogP contribution is -2.20. The lowest BCUT2D eigenvalue weighted by molar-refractivity contribution is 0.589. The van der Waals surface area contributed by atoms with Crippen LogP contribution in [0.2, 0.25) is 0 Å². The molecular weight excluding hydrogens is 329 g/mol. The number of rotatable bonds is 6. The molecular formula is C12H16IN3O. The number of pyridine rings is 1. The monoisotopic (exact) mass is 345 g/mol. The molecule has 1 rings (SSSR count). The number of hydrogen-bond donors (Lipinski definition) is 1. The second-order valence-corrected chi connectivity index (χ2v) is 5.31. The van der Waals surface area contributed by atoms with E-state index in [2.05, 4.69) is 51.9 Å². The molecule has 0 aromatic carbocycles. The van der Waals surface area contributed by atoms with Crippen LogP contribution in [0.15, 0.2) is 35.4 Å². The van der Waals surface area contributed by atoms with Crippen molar-refractivity contribution in [2.24, 2.45) is 11.1 Å². The van der Waals surface area contributed by atoms with E-state index in [0.717, 1.165) is 21.5 Å². The summed E-state index contributed by atoms with van der Waals surface area (Å²) in [7, 11) is 0. The molecule has 1 aromatic heterocycles. The SMILES string of the molecule is CC(C)CN/C(=C\N=O)Cc1ccc(I)nc1. The molecule has 0 saturated heterocycles. The minimum absolute atomic E-state index is 0.528. The Kier molecular flexibility index (Phi) is 6.10. The fourth-order valence-corrected chi connectivity index (χ4v) is 1.60. The molecule has 0 amide bonds. The highest BCUT2D eigenvalue weighted by atomic mass is 127. The molecule has 0 bridgehead atoms. The van der Waals surface area contributed by atoms with Gasteiger partial charge < -0.3 is 5.32 Å². The number of nitroso groups, excluding NO2 is 1. The van der Waals surface area contributed by atoms with E-state index < -0.39 is 0 Å². The lowest BCUT2D eigenvalue weighted by Gasteiger charge is -2.11. The van der Waals surface area contributed by atoms with Crippen LogP contribution in [0, 0.1) is 14.5 Å². The van der Waals surface area contributed by atoms with Gasteiger partial charge in [0.1, 0.15) is 3.70 Å². The zero-order valence-electron chi connectivity index (χ0n) is 9.98. The van der Waals surface area contributed by atoms with Gasteiger partial charge in [0.05, 0.1) is 6.20 Å². The molecule has 0 aliphatic rings. The predicted octanol–water partition coefficient (Wildman–Crippen LogP) is 3.08. The van der Waals surface area contributed by atoms with Gasteiger partial charge in [-0.15, -0.1) is 4.91 Å². The largest absolute Gasteiger partial charge is 0.386 e. The zero-order valence-corrected chi connectivity index (χ0v) is 12.1. The Labute approximate surface area is 115 Å². The van der Waals surface area contributed by atoms with Crippen molar-refractivity contribution >= 4 is 22.6 Å². The summed E-state index contributed by atoms with van der Waals surface area (Å²) in [5.41, 5.74) is 1.90. The Balaban J connectivity index is 2.63. The second kappa shape index (κ2) is 7.37.